The molecule has 0 aromatic heterocycles. The van der Waals surface area contributed by atoms with Crippen LogP contribution < -0.4 is 5.32 Å². The average Bonchev–Trinajstić information content (AvgIpc) is 2.49. The zero-order valence-corrected chi connectivity index (χ0v) is 13.1. The van der Waals surface area contributed by atoms with Crippen molar-refractivity contribution in [3.05, 3.63) is 64.7 Å². The summed E-state index contributed by atoms with van der Waals surface area (Å²) in [5, 5.41) is 13.4. The molecule has 0 aliphatic rings. The van der Waals surface area contributed by atoms with E-state index in [0.29, 0.717) is 0 Å². The SMILES string of the molecule is CNCCN(C)C(c1ccc(O)cc1)c1ccc(Cl)cc1. The Kier molecular flexibility index (Phi) is 5.62. The van der Waals surface area contributed by atoms with E-state index in [1.165, 1.54) is 5.56 Å². The molecule has 1 unspecified atom stereocenters. The molecule has 21 heavy (non-hydrogen) atoms. The highest BCUT2D eigenvalue weighted by atomic mass is 35.5. The average molecular weight is 305 g/mol. The van der Waals surface area contributed by atoms with Gasteiger partial charge >= 0.3 is 0 Å². The molecule has 1 atom stereocenters. The number of halogens is 1. The number of aromatic hydroxyl groups is 1. The number of likely N-dealkylation sites (N-methyl/N-ethyl adjacent to an activating group) is 2. The highest BCUT2D eigenvalue weighted by Crippen LogP contribution is 2.29. The molecule has 2 rings (SSSR count). The monoisotopic (exact) mass is 304 g/mol. The van der Waals surface area contributed by atoms with Gasteiger partial charge in [0.1, 0.15) is 5.75 Å². The van der Waals surface area contributed by atoms with E-state index in [1.54, 1.807) is 12.1 Å². The predicted octanol–water partition coefficient (Wildman–Crippen LogP) is 3.29. The van der Waals surface area contributed by atoms with Crippen LogP contribution in [0.3, 0.4) is 0 Å². The number of hydrogen-bond donors (Lipinski definition) is 2. The van der Waals surface area contributed by atoms with Crippen molar-refractivity contribution in [3.63, 3.8) is 0 Å². The fourth-order valence-corrected chi connectivity index (χ4v) is 2.55. The highest BCUT2D eigenvalue weighted by molar-refractivity contribution is 6.30. The van der Waals surface area contributed by atoms with Crippen molar-refractivity contribution in [1.82, 2.24) is 10.2 Å². The van der Waals surface area contributed by atoms with Gasteiger partial charge in [0.05, 0.1) is 6.04 Å². The fourth-order valence-electron chi connectivity index (χ4n) is 2.42. The molecular weight excluding hydrogens is 284 g/mol. The molecule has 4 heteroatoms. The summed E-state index contributed by atoms with van der Waals surface area (Å²) in [6.07, 6.45) is 0. The molecule has 2 N–H and O–H groups in total. The van der Waals surface area contributed by atoms with Gasteiger partial charge in [-0.05, 0) is 49.5 Å². The van der Waals surface area contributed by atoms with Crippen LogP contribution >= 0.6 is 11.6 Å². The second-order valence-corrected chi connectivity index (χ2v) is 5.57. The van der Waals surface area contributed by atoms with E-state index in [2.05, 4.69) is 29.4 Å². The summed E-state index contributed by atoms with van der Waals surface area (Å²) in [4.78, 5) is 2.28. The van der Waals surface area contributed by atoms with E-state index >= 15 is 0 Å². The minimum absolute atomic E-state index is 0.135. The van der Waals surface area contributed by atoms with E-state index in [1.807, 2.05) is 31.3 Å². The lowest BCUT2D eigenvalue weighted by molar-refractivity contribution is 0.280. The first-order valence-electron chi connectivity index (χ1n) is 7.01. The smallest absolute Gasteiger partial charge is 0.115 e. The van der Waals surface area contributed by atoms with Crippen LogP contribution in [0, 0.1) is 0 Å². The summed E-state index contributed by atoms with van der Waals surface area (Å²) in [7, 11) is 4.05. The summed E-state index contributed by atoms with van der Waals surface area (Å²) >= 11 is 5.99. The molecule has 0 bridgehead atoms. The molecular formula is C17H21ClN2O. The Morgan fingerprint density at radius 2 is 1.57 bits per heavy atom. The van der Waals surface area contributed by atoms with Crippen LogP contribution in [0.2, 0.25) is 5.02 Å². The van der Waals surface area contributed by atoms with Crippen molar-refractivity contribution in [3.8, 4) is 5.75 Å². The number of phenolic OH excluding ortho intramolecular Hbond substituents is 1. The Labute approximate surface area is 131 Å². The van der Waals surface area contributed by atoms with E-state index in [-0.39, 0.29) is 11.8 Å². The van der Waals surface area contributed by atoms with Crippen LogP contribution in [-0.2, 0) is 0 Å². The summed E-state index contributed by atoms with van der Waals surface area (Å²) in [6, 6.07) is 15.4. The Bertz CT molecular complexity index is 509. The van der Waals surface area contributed by atoms with E-state index in [0.717, 1.165) is 23.7 Å². The van der Waals surface area contributed by atoms with Gasteiger partial charge in [-0.1, -0.05) is 35.9 Å². The second-order valence-electron chi connectivity index (χ2n) is 5.13. The standard InChI is InChI=1S/C17H21ClN2O/c1-19-11-12-20(2)17(13-3-7-15(18)8-4-13)14-5-9-16(21)10-6-14/h3-10,17,19,21H,11-12H2,1-2H3. The lowest BCUT2D eigenvalue weighted by Gasteiger charge is -2.29. The third-order valence-electron chi connectivity index (χ3n) is 3.55. The molecule has 0 saturated heterocycles. The Balaban J connectivity index is 2.33. The number of nitrogens with zero attached hydrogens (tertiary/aromatic N) is 1. The first-order valence-corrected chi connectivity index (χ1v) is 7.39. The van der Waals surface area contributed by atoms with Gasteiger partial charge in [-0.15, -0.1) is 0 Å². The molecule has 2 aromatic carbocycles. The van der Waals surface area contributed by atoms with Gasteiger partial charge in [0.15, 0.2) is 0 Å². The van der Waals surface area contributed by atoms with Crippen molar-refractivity contribution in [2.45, 2.75) is 6.04 Å². The van der Waals surface area contributed by atoms with Crippen LogP contribution in [0.25, 0.3) is 0 Å². The number of rotatable bonds is 6. The molecule has 0 aliphatic heterocycles. The van der Waals surface area contributed by atoms with Crippen LogP contribution in [0.4, 0.5) is 0 Å². The van der Waals surface area contributed by atoms with Gasteiger partial charge < -0.3 is 10.4 Å². The summed E-state index contributed by atoms with van der Waals surface area (Å²) in [6.45, 7) is 1.84. The Morgan fingerprint density at radius 3 is 2.10 bits per heavy atom. The van der Waals surface area contributed by atoms with Gasteiger partial charge in [-0.2, -0.15) is 0 Å². The van der Waals surface area contributed by atoms with Gasteiger partial charge in [-0.25, -0.2) is 0 Å². The predicted molar refractivity (Wildman–Crippen MR) is 88.0 cm³/mol. The van der Waals surface area contributed by atoms with E-state index in [9.17, 15) is 5.11 Å². The fraction of sp³-hybridized carbons (Fsp3) is 0.294. The van der Waals surface area contributed by atoms with Crippen molar-refractivity contribution in [2.24, 2.45) is 0 Å². The number of phenols is 1. The molecule has 0 amide bonds. The van der Waals surface area contributed by atoms with Crippen molar-refractivity contribution in [1.29, 1.82) is 0 Å². The Morgan fingerprint density at radius 1 is 1.05 bits per heavy atom. The number of hydrogen-bond acceptors (Lipinski definition) is 3. The third-order valence-corrected chi connectivity index (χ3v) is 3.80. The van der Waals surface area contributed by atoms with Crippen molar-refractivity contribution in [2.75, 3.05) is 27.2 Å². The van der Waals surface area contributed by atoms with Gasteiger partial charge in [0, 0.05) is 18.1 Å². The quantitative estimate of drug-likeness (QED) is 0.859. The van der Waals surface area contributed by atoms with Gasteiger partial charge in [0.2, 0.25) is 0 Å². The lowest BCUT2D eigenvalue weighted by atomic mass is 9.97. The van der Waals surface area contributed by atoms with Crippen LogP contribution in [-0.4, -0.2) is 37.2 Å². The zero-order chi connectivity index (χ0) is 15.2. The molecule has 3 nitrogen and oxygen atoms in total. The maximum Gasteiger partial charge on any atom is 0.115 e. The Hall–Kier alpha value is -1.55. The minimum atomic E-state index is 0.135. The van der Waals surface area contributed by atoms with Crippen LogP contribution in [0.1, 0.15) is 17.2 Å². The van der Waals surface area contributed by atoms with E-state index < -0.39 is 0 Å². The topological polar surface area (TPSA) is 35.5 Å². The second kappa shape index (κ2) is 7.46. The molecule has 0 radical (unpaired) electrons. The largest absolute Gasteiger partial charge is 0.508 e. The lowest BCUT2D eigenvalue weighted by Crippen LogP contribution is -2.31. The van der Waals surface area contributed by atoms with E-state index in [4.69, 9.17) is 11.6 Å². The maximum absolute atomic E-state index is 9.48. The molecule has 0 heterocycles. The van der Waals surface area contributed by atoms with Gasteiger partial charge in [-0.3, -0.25) is 4.90 Å². The first-order chi connectivity index (χ1) is 10.1. The van der Waals surface area contributed by atoms with Crippen molar-refractivity contribution >= 4 is 11.6 Å². The summed E-state index contributed by atoms with van der Waals surface area (Å²) in [5.74, 6) is 0.284. The molecule has 112 valence electrons. The molecule has 0 spiro atoms. The molecule has 0 fully saturated rings. The zero-order valence-electron chi connectivity index (χ0n) is 12.4. The first kappa shape index (κ1) is 15.8. The highest BCUT2D eigenvalue weighted by Gasteiger charge is 2.18. The normalized spacial score (nSPS) is 12.6. The maximum atomic E-state index is 9.48. The summed E-state index contributed by atoms with van der Waals surface area (Å²) in [5.41, 5.74) is 2.33. The van der Waals surface area contributed by atoms with Crippen LogP contribution in [0.15, 0.2) is 48.5 Å². The number of nitrogens with one attached hydrogen (secondary N) is 1. The summed E-state index contributed by atoms with van der Waals surface area (Å²) < 4.78 is 0. The van der Waals surface area contributed by atoms with Crippen LogP contribution in [0.5, 0.6) is 5.75 Å². The molecule has 0 saturated carbocycles. The third kappa shape index (κ3) is 4.21. The minimum Gasteiger partial charge on any atom is -0.508 e. The molecule has 2 aromatic rings. The van der Waals surface area contributed by atoms with Gasteiger partial charge in [0.25, 0.3) is 0 Å². The number of benzene rings is 2. The van der Waals surface area contributed by atoms with Crippen molar-refractivity contribution < 1.29 is 5.11 Å². The molecule has 0 aliphatic carbocycles.